The maximum absolute atomic E-state index is 15.0. The van der Waals surface area contributed by atoms with Crippen molar-refractivity contribution in [1.29, 1.82) is 0 Å². The van der Waals surface area contributed by atoms with Crippen LogP contribution in [0.3, 0.4) is 0 Å². The van der Waals surface area contributed by atoms with Gasteiger partial charge in [-0.15, -0.1) is 0 Å². The molecule has 0 saturated carbocycles. The Morgan fingerprint density at radius 2 is 1.47 bits per heavy atom. The first-order valence-electron chi connectivity index (χ1n) is 22.5. The second-order valence-electron chi connectivity index (χ2n) is 18.7. The zero-order chi connectivity index (χ0) is 51.7. The highest BCUT2D eigenvalue weighted by molar-refractivity contribution is 14.1. The predicted octanol–water partition coefficient (Wildman–Crippen LogP) is 8.01. The highest BCUT2D eigenvalue weighted by Crippen LogP contribution is 2.42. The first-order chi connectivity index (χ1) is 32.8. The predicted molar refractivity (Wildman–Crippen MR) is 270 cm³/mol. The molecule has 17 nitrogen and oxygen atoms in total. The fourth-order valence-electron chi connectivity index (χ4n) is 7.43. The Morgan fingerprint density at radius 1 is 0.843 bits per heavy atom. The van der Waals surface area contributed by atoms with Crippen LogP contribution in [0.2, 0.25) is 5.02 Å². The molecule has 4 atom stereocenters. The summed E-state index contributed by atoms with van der Waals surface area (Å²) in [4.78, 5) is 97.1. The van der Waals surface area contributed by atoms with Gasteiger partial charge in [0.2, 0.25) is 17.7 Å². The molecule has 1 aliphatic rings. The molecular formula is C51H59ClIN5O12. The number of benzene rings is 4. The van der Waals surface area contributed by atoms with E-state index < -0.39 is 77.2 Å². The van der Waals surface area contributed by atoms with Crippen molar-refractivity contribution in [1.82, 2.24) is 26.2 Å². The van der Waals surface area contributed by atoms with Crippen molar-refractivity contribution in [3.05, 3.63) is 104 Å². The number of hydrogen-bond donors (Lipinski definition) is 5. The van der Waals surface area contributed by atoms with Crippen LogP contribution in [-0.4, -0.2) is 102 Å². The van der Waals surface area contributed by atoms with Crippen LogP contribution >= 0.6 is 34.2 Å². The summed E-state index contributed by atoms with van der Waals surface area (Å²) in [5, 5.41) is 23.2. The molecule has 4 aromatic rings. The summed E-state index contributed by atoms with van der Waals surface area (Å²) in [5.74, 6) is -3.97. The molecule has 0 spiro atoms. The number of esters is 1. The van der Waals surface area contributed by atoms with Gasteiger partial charge in [-0.25, -0.2) is 14.4 Å². The number of unbranched alkanes of at least 4 members (excludes halogenated alkanes) is 1. The third kappa shape index (κ3) is 15.0. The van der Waals surface area contributed by atoms with Gasteiger partial charge >= 0.3 is 18.2 Å². The molecule has 1 heterocycles. The van der Waals surface area contributed by atoms with Crippen LogP contribution in [-0.2, 0) is 39.8 Å². The number of alkyl carbamates (subject to hydrolysis) is 1. The highest BCUT2D eigenvalue weighted by atomic mass is 127. The van der Waals surface area contributed by atoms with Gasteiger partial charge in [0.15, 0.2) is 0 Å². The van der Waals surface area contributed by atoms with E-state index in [9.17, 15) is 38.7 Å². The second-order valence-corrected chi connectivity index (χ2v) is 20.3. The number of fused-ring (bicyclic) bond motifs is 5. The van der Waals surface area contributed by atoms with E-state index in [-0.39, 0.29) is 56.7 Å². The minimum atomic E-state index is -1.53. The third-order valence-electron chi connectivity index (χ3n) is 10.8. The number of amides is 5. The normalized spacial score (nSPS) is 16.5. The number of phenolic OH excluding ortho intramolecular Hbond substituents is 1. The van der Waals surface area contributed by atoms with Crippen LogP contribution in [0.4, 0.5) is 9.59 Å². The number of aromatic hydroxyl groups is 1. The number of phenols is 1. The smallest absolute Gasteiger partial charge is 0.506 e. The van der Waals surface area contributed by atoms with Gasteiger partial charge in [0.1, 0.15) is 46.9 Å². The lowest BCUT2D eigenvalue weighted by Gasteiger charge is -2.33. The summed E-state index contributed by atoms with van der Waals surface area (Å²) in [5.41, 5.74) is 1.13. The molecule has 5 amide bonds. The number of ether oxygens (including phenoxy) is 4. The lowest BCUT2D eigenvalue weighted by molar-refractivity contribution is -0.145. The van der Waals surface area contributed by atoms with Crippen LogP contribution in [0, 0.1) is 3.57 Å². The molecule has 4 bridgehead atoms. The lowest BCUT2D eigenvalue weighted by Crippen LogP contribution is -2.55. The van der Waals surface area contributed by atoms with E-state index in [0.29, 0.717) is 23.4 Å². The number of likely N-dealkylation sites (N-methyl/N-ethyl adjacent to an activating group) is 1. The Bertz CT molecular complexity index is 2600. The molecule has 0 saturated heterocycles. The molecule has 0 aromatic heterocycles. The number of methoxy groups -OCH3 is 1. The molecule has 1 aliphatic heterocycles. The van der Waals surface area contributed by atoms with Crippen molar-refractivity contribution in [3.8, 4) is 33.8 Å². The number of hydrogen-bond acceptors (Lipinski definition) is 12. The van der Waals surface area contributed by atoms with E-state index in [1.54, 1.807) is 90.1 Å². The minimum absolute atomic E-state index is 0.0591. The molecule has 19 heteroatoms. The zero-order valence-corrected chi connectivity index (χ0v) is 43.4. The Kier molecular flexibility index (Phi) is 18.3. The molecule has 0 fully saturated rings. The van der Waals surface area contributed by atoms with Crippen molar-refractivity contribution in [2.45, 2.75) is 110 Å². The van der Waals surface area contributed by atoms with Gasteiger partial charge in [-0.05, 0) is 161 Å². The van der Waals surface area contributed by atoms with Crippen molar-refractivity contribution in [3.63, 3.8) is 0 Å². The number of nitrogens with one attached hydrogen (secondary N) is 4. The fraction of sp³-hybridized carbons (Fsp3) is 0.392. The van der Waals surface area contributed by atoms with Gasteiger partial charge in [-0.1, -0.05) is 41.9 Å². The zero-order valence-electron chi connectivity index (χ0n) is 40.5. The van der Waals surface area contributed by atoms with Gasteiger partial charge in [-0.2, -0.15) is 0 Å². The number of rotatable bonds is 12. The minimum Gasteiger partial charge on any atom is -0.506 e. The quantitative estimate of drug-likeness (QED) is 0.0299. The van der Waals surface area contributed by atoms with Crippen LogP contribution < -0.4 is 26.0 Å². The van der Waals surface area contributed by atoms with E-state index >= 15 is 0 Å². The monoisotopic (exact) mass is 1100 g/mol. The second kappa shape index (κ2) is 23.5. The summed E-state index contributed by atoms with van der Waals surface area (Å²) < 4.78 is 21.7. The summed E-state index contributed by atoms with van der Waals surface area (Å²) in [6.07, 6.45) is -1.00. The Balaban J connectivity index is 1.57. The molecule has 70 heavy (non-hydrogen) atoms. The van der Waals surface area contributed by atoms with Gasteiger partial charge in [-0.3, -0.25) is 19.2 Å². The maximum atomic E-state index is 15.0. The van der Waals surface area contributed by atoms with E-state index in [1.807, 2.05) is 34.7 Å². The van der Waals surface area contributed by atoms with Crippen LogP contribution in [0.5, 0.6) is 11.5 Å². The average molecular weight is 1100 g/mol. The van der Waals surface area contributed by atoms with Crippen molar-refractivity contribution in [2.24, 2.45) is 0 Å². The lowest BCUT2D eigenvalue weighted by atomic mass is 9.93. The van der Waals surface area contributed by atoms with Gasteiger partial charge in [0.05, 0.1) is 10.7 Å². The van der Waals surface area contributed by atoms with Gasteiger partial charge in [0.25, 0.3) is 5.91 Å². The van der Waals surface area contributed by atoms with E-state index in [0.717, 1.165) is 23.1 Å². The molecule has 5 N–H and O–H groups in total. The fourth-order valence-corrected chi connectivity index (χ4v) is 8.21. The first-order valence-corrected chi connectivity index (χ1v) is 23.9. The SMILES string of the molecule is COC(=O)[C@@H]1Cc2ccc(OC(=O)OC(C)(C)C)c(c2)-c2cc(cc(I)c2O)[C@H](N(C)C(=O)[C@H](CCCCNC(=O)OC(C)(C)C)NC(=O)c2ccc(-c3ccc(Cl)cc3)cc2)C(=O)N[C@@H](C)C(=O)N1. The van der Waals surface area contributed by atoms with Crippen LogP contribution in [0.1, 0.15) is 95.3 Å². The summed E-state index contributed by atoms with van der Waals surface area (Å²) >= 11 is 7.96. The Labute approximate surface area is 425 Å². The van der Waals surface area contributed by atoms with E-state index in [2.05, 4.69) is 21.3 Å². The van der Waals surface area contributed by atoms with Gasteiger partial charge < -0.3 is 50.2 Å². The van der Waals surface area contributed by atoms with Crippen molar-refractivity contribution < 1.29 is 57.6 Å². The first kappa shape index (κ1) is 54.5. The molecule has 5 rings (SSSR count). The number of nitrogens with zero attached hydrogens (tertiary/aromatic N) is 1. The van der Waals surface area contributed by atoms with E-state index in [1.165, 1.54) is 32.2 Å². The molecule has 4 aromatic carbocycles. The summed E-state index contributed by atoms with van der Waals surface area (Å²) in [6, 6.07) is 16.2. The summed E-state index contributed by atoms with van der Waals surface area (Å²) in [6.45, 7) is 11.8. The molecule has 0 radical (unpaired) electrons. The maximum Gasteiger partial charge on any atom is 0.514 e. The van der Waals surface area contributed by atoms with Crippen molar-refractivity contribution in [2.75, 3.05) is 20.7 Å². The Morgan fingerprint density at radius 3 is 2.09 bits per heavy atom. The van der Waals surface area contributed by atoms with Gasteiger partial charge in [0, 0.05) is 41.7 Å². The average Bonchev–Trinajstić information content (AvgIpc) is 3.28. The van der Waals surface area contributed by atoms with Crippen LogP contribution in [0.15, 0.2) is 78.9 Å². The molecular weight excluding hydrogens is 1040 g/mol. The molecule has 0 aliphatic carbocycles. The van der Waals surface area contributed by atoms with Crippen molar-refractivity contribution >= 4 is 76.0 Å². The summed E-state index contributed by atoms with van der Waals surface area (Å²) in [7, 11) is 2.53. The largest absolute Gasteiger partial charge is 0.514 e. The molecule has 374 valence electrons. The Hall–Kier alpha value is -6.41. The number of carbonyl (C=O) groups is 7. The third-order valence-corrected chi connectivity index (χ3v) is 11.9. The topological polar surface area (TPSA) is 228 Å². The standard InChI is InChI=1S/C51H59ClIN5O12/c1-28-43(60)57-39(47(64)67-9)25-29-13-22-40(68-49(66)70-51(5,6)7)35(24-29)36-26-33(27-37(53)42(36)59)41(45(62)55-28)58(8)46(63)38(12-10-11-23-54-48(65)69-50(2,3)4)56-44(61)32-16-14-30(15-17-32)31-18-20-34(52)21-19-31/h13-22,24,26-28,38-39,41,59H,10-12,23,25H2,1-9H3,(H,54,65)(H,55,62)(H,56,61)(H,57,60)/t28-,38-,39-,41-/m0/s1. The molecule has 0 unspecified atom stereocenters. The number of carbonyl (C=O) groups excluding carboxylic acids is 7. The van der Waals surface area contributed by atoms with E-state index in [4.69, 9.17) is 30.5 Å². The highest BCUT2D eigenvalue weighted by Gasteiger charge is 2.37. The number of halogens is 2. The van der Waals surface area contributed by atoms with Crippen LogP contribution in [0.25, 0.3) is 22.3 Å².